The first kappa shape index (κ1) is 22.8. The molecule has 0 saturated carbocycles. The molecule has 0 N–H and O–H groups in total. The van der Waals surface area contributed by atoms with Gasteiger partial charge in [-0.25, -0.2) is 4.68 Å². The van der Waals surface area contributed by atoms with Crippen molar-refractivity contribution < 1.29 is 8.83 Å². The Kier molecular flexibility index (Phi) is 4.44. The Morgan fingerprint density at radius 2 is 1.19 bits per heavy atom. The lowest BCUT2D eigenvalue weighted by Gasteiger charge is -2.12. The molecule has 0 aliphatic rings. The second-order valence-corrected chi connectivity index (χ2v) is 11.3. The van der Waals surface area contributed by atoms with Crippen molar-refractivity contribution in [1.29, 1.82) is 0 Å². The minimum Gasteiger partial charge on any atom is -0.456 e. The molecule has 0 aliphatic carbocycles. The van der Waals surface area contributed by atoms with Gasteiger partial charge in [0.2, 0.25) is 0 Å². The van der Waals surface area contributed by atoms with Crippen molar-refractivity contribution >= 4 is 76.6 Å². The van der Waals surface area contributed by atoms with E-state index in [9.17, 15) is 0 Å². The molecule has 4 aromatic heterocycles. The lowest BCUT2D eigenvalue weighted by Crippen LogP contribution is -2.09. The lowest BCUT2D eigenvalue weighted by molar-refractivity contribution is 0.642. The molecule has 0 spiro atoms. The van der Waals surface area contributed by atoms with Crippen LogP contribution in [0.1, 0.15) is 5.56 Å². The summed E-state index contributed by atoms with van der Waals surface area (Å²) in [5.41, 5.74) is 7.66. The highest BCUT2D eigenvalue weighted by molar-refractivity contribution is 6.15. The maximum atomic E-state index is 6.61. The van der Waals surface area contributed by atoms with Gasteiger partial charge in [0.05, 0.1) is 17.6 Å². The van der Waals surface area contributed by atoms with Crippen molar-refractivity contribution in [2.45, 2.75) is 6.54 Å². The fourth-order valence-electron chi connectivity index (χ4n) is 6.82. The Morgan fingerprint density at radius 1 is 0.512 bits per heavy atom. The number of para-hydroxylation sites is 3. The van der Waals surface area contributed by atoms with Crippen molar-refractivity contribution in [2.75, 3.05) is 0 Å². The smallest absolute Gasteiger partial charge is 0.198 e. The normalized spacial score (nSPS) is 12.3. The fraction of sp³-hybridized carbons (Fsp3) is 0.0263. The fourth-order valence-corrected chi connectivity index (χ4v) is 6.82. The standard InChI is InChI=1S/C38H23N3O2/c1-2-10-25-21-32-29(20-24(25)9-1)26-11-3-6-14-31(26)41(32)38-37-36(28-13-5-8-16-34(28)43-37)39-40(38)22-23-17-18-35-30(19-23)27-12-4-7-15-33(27)42-35/h1-21H,22H2. The summed E-state index contributed by atoms with van der Waals surface area (Å²) in [6.07, 6.45) is 0. The topological polar surface area (TPSA) is 49.0 Å². The molecule has 0 unspecified atom stereocenters. The van der Waals surface area contributed by atoms with Crippen LogP contribution in [0.3, 0.4) is 0 Å². The number of rotatable bonds is 3. The van der Waals surface area contributed by atoms with E-state index in [2.05, 4.69) is 106 Å². The van der Waals surface area contributed by atoms with E-state index < -0.39 is 0 Å². The zero-order valence-corrected chi connectivity index (χ0v) is 23.0. The predicted octanol–water partition coefficient (Wildman–Crippen LogP) is 9.98. The summed E-state index contributed by atoms with van der Waals surface area (Å²) in [5.74, 6) is 0.921. The Hall–Kier alpha value is -5.81. The number of nitrogens with zero attached hydrogens (tertiary/aromatic N) is 3. The van der Waals surface area contributed by atoms with Gasteiger partial charge in [-0.2, -0.15) is 5.10 Å². The van der Waals surface area contributed by atoms with Crippen molar-refractivity contribution in [2.24, 2.45) is 0 Å². The number of aromatic nitrogens is 3. The maximum absolute atomic E-state index is 6.61. The van der Waals surface area contributed by atoms with Crippen LogP contribution in [0, 0.1) is 0 Å². The van der Waals surface area contributed by atoms with Crippen LogP contribution in [0.25, 0.3) is 82.4 Å². The summed E-state index contributed by atoms with van der Waals surface area (Å²) in [4.78, 5) is 0. The van der Waals surface area contributed by atoms with Gasteiger partial charge >= 0.3 is 0 Å². The molecule has 43 heavy (non-hydrogen) atoms. The van der Waals surface area contributed by atoms with Crippen LogP contribution in [0.2, 0.25) is 0 Å². The largest absolute Gasteiger partial charge is 0.456 e. The molecule has 5 heteroatoms. The third kappa shape index (κ3) is 3.19. The molecule has 0 saturated heterocycles. The molecular formula is C38H23N3O2. The van der Waals surface area contributed by atoms with Gasteiger partial charge < -0.3 is 8.83 Å². The maximum Gasteiger partial charge on any atom is 0.198 e. The average Bonchev–Trinajstić information content (AvgIpc) is 3.78. The van der Waals surface area contributed by atoms with Crippen LogP contribution in [-0.4, -0.2) is 14.3 Å². The first-order valence-corrected chi connectivity index (χ1v) is 14.5. The van der Waals surface area contributed by atoms with E-state index in [1.165, 1.54) is 21.5 Å². The van der Waals surface area contributed by atoms with E-state index in [1.54, 1.807) is 0 Å². The van der Waals surface area contributed by atoms with E-state index in [1.807, 2.05) is 30.3 Å². The van der Waals surface area contributed by atoms with Crippen LogP contribution in [0.5, 0.6) is 0 Å². The highest BCUT2D eigenvalue weighted by Gasteiger charge is 2.24. The Labute approximate surface area is 244 Å². The first-order chi connectivity index (χ1) is 21.3. The Bertz CT molecular complexity index is 2720. The summed E-state index contributed by atoms with van der Waals surface area (Å²) in [7, 11) is 0. The second-order valence-electron chi connectivity index (χ2n) is 11.3. The molecule has 0 fully saturated rings. The van der Waals surface area contributed by atoms with Crippen LogP contribution < -0.4 is 0 Å². The minimum absolute atomic E-state index is 0.574. The van der Waals surface area contributed by atoms with E-state index in [0.717, 1.165) is 66.4 Å². The van der Waals surface area contributed by atoms with Crippen molar-refractivity contribution in [3.8, 4) is 5.82 Å². The van der Waals surface area contributed by atoms with Gasteiger partial charge in [-0.15, -0.1) is 0 Å². The van der Waals surface area contributed by atoms with Gasteiger partial charge in [-0.3, -0.25) is 4.57 Å². The van der Waals surface area contributed by atoms with Gasteiger partial charge in [-0.05, 0) is 64.9 Å². The highest BCUT2D eigenvalue weighted by atomic mass is 16.3. The van der Waals surface area contributed by atoms with Gasteiger partial charge in [-0.1, -0.05) is 78.9 Å². The number of furan rings is 2. The molecule has 10 aromatic rings. The van der Waals surface area contributed by atoms with E-state index in [0.29, 0.717) is 6.54 Å². The molecule has 10 rings (SSSR count). The lowest BCUT2D eigenvalue weighted by atomic mass is 10.1. The number of hydrogen-bond acceptors (Lipinski definition) is 3. The number of hydrogen-bond donors (Lipinski definition) is 0. The molecule has 0 amide bonds. The quantitative estimate of drug-likeness (QED) is 0.219. The van der Waals surface area contributed by atoms with Crippen molar-refractivity contribution in [1.82, 2.24) is 14.3 Å². The van der Waals surface area contributed by atoms with Crippen LogP contribution in [0.15, 0.2) is 136 Å². The molecule has 0 radical (unpaired) electrons. The minimum atomic E-state index is 0.574. The Morgan fingerprint density at radius 3 is 2.05 bits per heavy atom. The Balaban J connectivity index is 1.29. The predicted molar refractivity (Wildman–Crippen MR) is 174 cm³/mol. The monoisotopic (exact) mass is 553 g/mol. The summed E-state index contributed by atoms with van der Waals surface area (Å²) in [6.45, 7) is 0.574. The van der Waals surface area contributed by atoms with Gasteiger partial charge in [0.1, 0.15) is 22.3 Å². The zero-order chi connectivity index (χ0) is 28.1. The summed E-state index contributed by atoms with van der Waals surface area (Å²) in [5, 5.41) is 13.3. The van der Waals surface area contributed by atoms with E-state index in [4.69, 9.17) is 13.9 Å². The summed E-state index contributed by atoms with van der Waals surface area (Å²) < 4.78 is 17.2. The number of fused-ring (bicyclic) bond motifs is 10. The molecule has 0 aliphatic heterocycles. The molecule has 0 atom stereocenters. The molecule has 4 heterocycles. The van der Waals surface area contributed by atoms with Gasteiger partial charge in [0, 0.05) is 26.9 Å². The van der Waals surface area contributed by atoms with E-state index >= 15 is 0 Å². The van der Waals surface area contributed by atoms with Gasteiger partial charge in [0.25, 0.3) is 0 Å². The zero-order valence-electron chi connectivity index (χ0n) is 23.0. The SMILES string of the molecule is c1ccc2cc3c(cc2c1)c1ccccc1n3-c1c2oc3ccccc3c2nn1Cc1ccc2oc3ccccc3c2c1. The molecule has 6 aromatic carbocycles. The van der Waals surface area contributed by atoms with Gasteiger partial charge in [0.15, 0.2) is 11.4 Å². The molecular weight excluding hydrogens is 530 g/mol. The summed E-state index contributed by atoms with van der Waals surface area (Å²) in [6, 6.07) is 44.5. The van der Waals surface area contributed by atoms with Crippen LogP contribution >= 0.6 is 0 Å². The first-order valence-electron chi connectivity index (χ1n) is 14.5. The third-order valence-electron chi connectivity index (χ3n) is 8.76. The van der Waals surface area contributed by atoms with Crippen LogP contribution in [-0.2, 0) is 6.54 Å². The highest BCUT2D eigenvalue weighted by Crippen LogP contribution is 2.39. The van der Waals surface area contributed by atoms with E-state index in [-0.39, 0.29) is 0 Å². The third-order valence-corrected chi connectivity index (χ3v) is 8.76. The van der Waals surface area contributed by atoms with Crippen molar-refractivity contribution in [3.63, 3.8) is 0 Å². The number of benzene rings is 6. The van der Waals surface area contributed by atoms with Crippen LogP contribution in [0.4, 0.5) is 0 Å². The average molecular weight is 554 g/mol. The van der Waals surface area contributed by atoms with Crippen molar-refractivity contribution in [3.05, 3.63) is 133 Å². The molecule has 0 bridgehead atoms. The molecule has 5 nitrogen and oxygen atoms in total. The molecule has 202 valence electrons. The second kappa shape index (κ2) is 8.37. The summed E-state index contributed by atoms with van der Waals surface area (Å²) >= 11 is 0.